The zero-order chi connectivity index (χ0) is 22.5. The van der Waals surface area contributed by atoms with Crippen molar-refractivity contribution >= 4 is 39.2 Å². The Balaban J connectivity index is 1.35. The SMILES string of the molecule is Cc1sc2ncnc(SCC(=O)NC(C)c3cccc(OCc4ccccn4)c3)c2c1C. The Bertz CT molecular complexity index is 1230. The molecule has 3 aromatic heterocycles. The van der Waals surface area contributed by atoms with Crippen LogP contribution in [0.1, 0.15) is 34.7 Å². The Hall–Kier alpha value is -2.97. The topological polar surface area (TPSA) is 77.0 Å². The normalized spacial score (nSPS) is 12.0. The first-order valence-electron chi connectivity index (χ1n) is 10.3. The van der Waals surface area contributed by atoms with E-state index in [9.17, 15) is 4.79 Å². The first-order chi connectivity index (χ1) is 15.5. The number of amides is 1. The van der Waals surface area contributed by atoms with Gasteiger partial charge in [-0.2, -0.15) is 0 Å². The minimum Gasteiger partial charge on any atom is -0.487 e. The van der Waals surface area contributed by atoms with Gasteiger partial charge in [-0.25, -0.2) is 9.97 Å². The number of pyridine rings is 1. The highest BCUT2D eigenvalue weighted by Gasteiger charge is 2.15. The molecule has 0 radical (unpaired) electrons. The summed E-state index contributed by atoms with van der Waals surface area (Å²) in [5, 5.41) is 4.97. The Morgan fingerprint density at radius 3 is 2.84 bits per heavy atom. The van der Waals surface area contributed by atoms with Crippen molar-refractivity contribution in [1.29, 1.82) is 0 Å². The number of nitrogens with zero attached hydrogens (tertiary/aromatic N) is 3. The molecule has 3 heterocycles. The molecule has 1 aromatic carbocycles. The second-order valence-electron chi connectivity index (χ2n) is 7.40. The number of rotatable bonds is 8. The van der Waals surface area contributed by atoms with Gasteiger partial charge in [-0.1, -0.05) is 30.0 Å². The number of nitrogens with one attached hydrogen (secondary N) is 1. The number of thiophene rings is 1. The van der Waals surface area contributed by atoms with Gasteiger partial charge in [0.25, 0.3) is 0 Å². The molecule has 164 valence electrons. The Kier molecular flexibility index (Phi) is 7.02. The fourth-order valence-corrected chi connectivity index (χ4v) is 5.20. The average molecular weight is 465 g/mol. The van der Waals surface area contributed by atoms with Crippen molar-refractivity contribution in [2.24, 2.45) is 0 Å². The molecule has 1 amide bonds. The maximum atomic E-state index is 12.6. The second-order valence-corrected chi connectivity index (χ2v) is 9.57. The zero-order valence-electron chi connectivity index (χ0n) is 18.2. The maximum Gasteiger partial charge on any atom is 0.230 e. The molecule has 0 aliphatic rings. The lowest BCUT2D eigenvalue weighted by molar-refractivity contribution is -0.119. The van der Waals surface area contributed by atoms with E-state index in [4.69, 9.17) is 4.74 Å². The number of aromatic nitrogens is 3. The highest BCUT2D eigenvalue weighted by atomic mass is 32.2. The molecule has 0 saturated heterocycles. The first kappa shape index (κ1) is 22.2. The van der Waals surface area contributed by atoms with Gasteiger partial charge in [0.05, 0.1) is 17.5 Å². The van der Waals surface area contributed by atoms with Crippen LogP contribution in [0.5, 0.6) is 5.75 Å². The van der Waals surface area contributed by atoms with Crippen LogP contribution in [0.25, 0.3) is 10.2 Å². The number of thioether (sulfide) groups is 1. The molecule has 0 saturated carbocycles. The van der Waals surface area contributed by atoms with Crippen molar-refractivity contribution in [3.05, 3.63) is 76.7 Å². The van der Waals surface area contributed by atoms with Crippen molar-refractivity contribution in [1.82, 2.24) is 20.3 Å². The molecule has 1 unspecified atom stereocenters. The largest absolute Gasteiger partial charge is 0.487 e. The van der Waals surface area contributed by atoms with E-state index in [1.807, 2.05) is 49.4 Å². The van der Waals surface area contributed by atoms with E-state index in [2.05, 4.69) is 34.1 Å². The Labute approximate surface area is 195 Å². The van der Waals surface area contributed by atoms with Crippen LogP contribution in [0, 0.1) is 13.8 Å². The van der Waals surface area contributed by atoms with E-state index in [1.54, 1.807) is 23.9 Å². The summed E-state index contributed by atoms with van der Waals surface area (Å²) >= 11 is 3.10. The fourth-order valence-electron chi connectivity index (χ4n) is 3.27. The van der Waals surface area contributed by atoms with Gasteiger partial charge in [-0.05, 0) is 56.2 Å². The average Bonchev–Trinajstić information content (AvgIpc) is 3.11. The predicted molar refractivity (Wildman–Crippen MR) is 129 cm³/mol. The monoisotopic (exact) mass is 464 g/mol. The van der Waals surface area contributed by atoms with Gasteiger partial charge < -0.3 is 10.1 Å². The first-order valence-corrected chi connectivity index (χ1v) is 12.1. The zero-order valence-corrected chi connectivity index (χ0v) is 19.8. The van der Waals surface area contributed by atoms with E-state index in [0.717, 1.165) is 32.2 Å². The molecule has 1 atom stereocenters. The highest BCUT2D eigenvalue weighted by Crippen LogP contribution is 2.34. The number of carbonyl (C=O) groups excluding carboxylic acids is 1. The summed E-state index contributed by atoms with van der Waals surface area (Å²) in [5.41, 5.74) is 3.03. The van der Waals surface area contributed by atoms with E-state index in [0.29, 0.717) is 12.4 Å². The standard InChI is InChI=1S/C24H24N4O2S2/c1-15-17(3)32-24-22(15)23(26-14-27-24)31-13-21(29)28-16(2)18-7-6-9-20(11-18)30-12-19-8-4-5-10-25-19/h4-11,14,16H,12-13H2,1-3H3,(H,28,29). The number of ether oxygens (including phenoxy) is 1. The molecule has 0 bridgehead atoms. The number of fused-ring (bicyclic) bond motifs is 1. The van der Waals surface area contributed by atoms with Crippen molar-refractivity contribution in [2.45, 2.75) is 38.4 Å². The molecule has 4 rings (SSSR count). The van der Waals surface area contributed by atoms with E-state index in [-0.39, 0.29) is 11.9 Å². The molecule has 6 nitrogen and oxygen atoms in total. The second kappa shape index (κ2) is 10.1. The summed E-state index contributed by atoms with van der Waals surface area (Å²) in [6.45, 7) is 6.53. The summed E-state index contributed by atoms with van der Waals surface area (Å²) in [4.78, 5) is 27.8. The number of benzene rings is 1. The minimum atomic E-state index is -0.142. The number of hydrogen-bond donors (Lipinski definition) is 1. The van der Waals surface area contributed by atoms with Gasteiger partial charge in [0.2, 0.25) is 5.91 Å². The molecule has 0 spiro atoms. The quantitative estimate of drug-likeness (QED) is 0.283. The molecule has 1 N–H and O–H groups in total. The molecular formula is C24H24N4O2S2. The van der Waals surface area contributed by atoms with Crippen molar-refractivity contribution in [2.75, 3.05) is 5.75 Å². The lowest BCUT2D eigenvalue weighted by Gasteiger charge is -2.15. The molecular weight excluding hydrogens is 440 g/mol. The van der Waals surface area contributed by atoms with Crippen LogP contribution in [0.3, 0.4) is 0 Å². The van der Waals surface area contributed by atoms with Crippen LogP contribution in [0.4, 0.5) is 0 Å². The Morgan fingerprint density at radius 2 is 2.03 bits per heavy atom. The van der Waals surface area contributed by atoms with E-state index >= 15 is 0 Å². The van der Waals surface area contributed by atoms with Crippen LogP contribution in [-0.4, -0.2) is 26.6 Å². The molecule has 0 aliphatic carbocycles. The van der Waals surface area contributed by atoms with Crippen LogP contribution in [0.2, 0.25) is 0 Å². The van der Waals surface area contributed by atoms with E-state index < -0.39 is 0 Å². The third-order valence-electron chi connectivity index (χ3n) is 5.12. The van der Waals surface area contributed by atoms with Crippen LogP contribution in [0.15, 0.2) is 60.0 Å². The molecule has 4 aromatic rings. The number of aryl methyl sites for hydroxylation is 2. The smallest absolute Gasteiger partial charge is 0.230 e. The summed E-state index contributed by atoms with van der Waals surface area (Å²) < 4.78 is 5.85. The summed E-state index contributed by atoms with van der Waals surface area (Å²) in [5.74, 6) is 0.995. The fraction of sp³-hybridized carbons (Fsp3) is 0.250. The third kappa shape index (κ3) is 5.26. The lowest BCUT2D eigenvalue weighted by atomic mass is 10.1. The molecule has 0 aliphatic heterocycles. The lowest BCUT2D eigenvalue weighted by Crippen LogP contribution is -2.28. The number of hydrogen-bond acceptors (Lipinski definition) is 7. The maximum absolute atomic E-state index is 12.6. The van der Waals surface area contributed by atoms with Gasteiger partial charge in [0.1, 0.15) is 28.5 Å². The minimum absolute atomic E-state index is 0.0429. The molecule has 32 heavy (non-hydrogen) atoms. The highest BCUT2D eigenvalue weighted by molar-refractivity contribution is 8.00. The molecule has 0 fully saturated rings. The van der Waals surface area contributed by atoms with Gasteiger partial charge in [-0.3, -0.25) is 9.78 Å². The van der Waals surface area contributed by atoms with Crippen molar-refractivity contribution < 1.29 is 9.53 Å². The Morgan fingerprint density at radius 1 is 1.16 bits per heavy atom. The molecule has 8 heteroatoms. The predicted octanol–water partition coefficient (Wildman–Crippen LogP) is 5.25. The summed E-state index contributed by atoms with van der Waals surface area (Å²) in [6.07, 6.45) is 3.31. The number of carbonyl (C=O) groups is 1. The third-order valence-corrected chi connectivity index (χ3v) is 7.22. The van der Waals surface area contributed by atoms with Gasteiger partial charge in [0.15, 0.2) is 0 Å². The van der Waals surface area contributed by atoms with Crippen molar-refractivity contribution in [3.63, 3.8) is 0 Å². The van der Waals surface area contributed by atoms with Crippen LogP contribution >= 0.6 is 23.1 Å². The van der Waals surface area contributed by atoms with Crippen LogP contribution in [-0.2, 0) is 11.4 Å². The summed E-state index contributed by atoms with van der Waals surface area (Å²) in [6, 6.07) is 13.4. The van der Waals surface area contributed by atoms with E-state index in [1.165, 1.54) is 22.2 Å². The van der Waals surface area contributed by atoms with Crippen LogP contribution < -0.4 is 10.1 Å². The van der Waals surface area contributed by atoms with Gasteiger partial charge in [-0.15, -0.1) is 11.3 Å². The summed E-state index contributed by atoms with van der Waals surface area (Å²) in [7, 11) is 0. The van der Waals surface area contributed by atoms with Gasteiger partial charge >= 0.3 is 0 Å². The van der Waals surface area contributed by atoms with Crippen molar-refractivity contribution in [3.8, 4) is 5.75 Å². The van der Waals surface area contributed by atoms with Gasteiger partial charge in [0, 0.05) is 16.5 Å².